The molecule has 7 heteroatoms. The molecule has 3 rings (SSSR count). The van der Waals surface area contributed by atoms with Crippen molar-refractivity contribution in [3.63, 3.8) is 0 Å². The van der Waals surface area contributed by atoms with Gasteiger partial charge in [0.1, 0.15) is 5.75 Å². The van der Waals surface area contributed by atoms with Crippen molar-refractivity contribution < 1.29 is 23.9 Å². The molecule has 0 aliphatic carbocycles. The number of methoxy groups -OCH3 is 1. The van der Waals surface area contributed by atoms with Gasteiger partial charge in [-0.2, -0.15) is 0 Å². The fraction of sp³-hybridized carbons (Fsp3) is 0.160. The van der Waals surface area contributed by atoms with E-state index in [1.807, 2.05) is 37.3 Å². The van der Waals surface area contributed by atoms with E-state index in [0.717, 1.165) is 5.56 Å². The van der Waals surface area contributed by atoms with Gasteiger partial charge in [-0.1, -0.05) is 48.5 Å². The van der Waals surface area contributed by atoms with Gasteiger partial charge < -0.3 is 20.1 Å². The molecule has 1 unspecified atom stereocenters. The molecule has 0 heterocycles. The third-order valence-corrected chi connectivity index (χ3v) is 4.73. The molecule has 0 saturated heterocycles. The lowest BCUT2D eigenvalue weighted by atomic mass is 10.1. The lowest BCUT2D eigenvalue weighted by molar-refractivity contribution is -0.119. The Morgan fingerprint density at radius 1 is 0.906 bits per heavy atom. The Balaban J connectivity index is 1.60. The summed E-state index contributed by atoms with van der Waals surface area (Å²) in [6.45, 7) is 1.39. The summed E-state index contributed by atoms with van der Waals surface area (Å²) in [5.41, 5.74) is 1.87. The maximum atomic E-state index is 12.8. The van der Waals surface area contributed by atoms with Crippen LogP contribution in [0.1, 0.15) is 39.2 Å². The van der Waals surface area contributed by atoms with Gasteiger partial charge in [-0.3, -0.25) is 9.59 Å². The van der Waals surface area contributed by atoms with Gasteiger partial charge >= 0.3 is 5.97 Å². The predicted molar refractivity (Wildman–Crippen MR) is 121 cm³/mol. The highest BCUT2D eigenvalue weighted by atomic mass is 16.5. The van der Waals surface area contributed by atoms with Gasteiger partial charge in [0.25, 0.3) is 11.8 Å². The van der Waals surface area contributed by atoms with E-state index in [2.05, 4.69) is 10.6 Å². The zero-order valence-corrected chi connectivity index (χ0v) is 17.8. The normalized spacial score (nSPS) is 11.2. The van der Waals surface area contributed by atoms with Crippen LogP contribution in [0.25, 0.3) is 0 Å². The van der Waals surface area contributed by atoms with E-state index in [1.54, 1.807) is 42.5 Å². The zero-order chi connectivity index (χ0) is 22.9. The molecule has 0 aromatic heterocycles. The first-order valence-corrected chi connectivity index (χ1v) is 10.0. The molecule has 0 aliphatic heterocycles. The minimum atomic E-state index is -0.651. The fourth-order valence-corrected chi connectivity index (χ4v) is 3.04. The number of ether oxygens (including phenoxy) is 2. The number of esters is 1. The van der Waals surface area contributed by atoms with Crippen LogP contribution in [0.5, 0.6) is 5.75 Å². The largest absolute Gasteiger partial charge is 0.497 e. The van der Waals surface area contributed by atoms with Crippen LogP contribution in [0, 0.1) is 0 Å². The second-order valence-corrected chi connectivity index (χ2v) is 7.01. The number of rotatable bonds is 8. The van der Waals surface area contributed by atoms with Crippen LogP contribution in [-0.2, 0) is 9.53 Å². The molecule has 2 N–H and O–H groups in total. The molecule has 0 radical (unpaired) electrons. The first kappa shape index (κ1) is 22.6. The van der Waals surface area contributed by atoms with Crippen molar-refractivity contribution in [3.8, 4) is 5.75 Å². The second-order valence-electron chi connectivity index (χ2n) is 7.01. The lowest BCUT2D eigenvalue weighted by Gasteiger charge is -2.16. The molecular formula is C25H24N2O5. The van der Waals surface area contributed by atoms with Crippen molar-refractivity contribution in [2.24, 2.45) is 0 Å². The van der Waals surface area contributed by atoms with Gasteiger partial charge in [0, 0.05) is 0 Å². The maximum absolute atomic E-state index is 12.8. The third kappa shape index (κ3) is 5.95. The molecule has 0 fully saturated rings. The van der Waals surface area contributed by atoms with Crippen molar-refractivity contribution in [1.82, 2.24) is 5.32 Å². The number of benzene rings is 3. The summed E-state index contributed by atoms with van der Waals surface area (Å²) in [6.07, 6.45) is 0. The summed E-state index contributed by atoms with van der Waals surface area (Å²) in [7, 11) is 1.49. The Morgan fingerprint density at radius 2 is 1.62 bits per heavy atom. The Hall–Kier alpha value is -4.13. The van der Waals surface area contributed by atoms with Crippen LogP contribution in [0.4, 0.5) is 5.69 Å². The van der Waals surface area contributed by atoms with Crippen molar-refractivity contribution in [2.75, 3.05) is 19.0 Å². The first-order valence-electron chi connectivity index (χ1n) is 10.0. The summed E-state index contributed by atoms with van der Waals surface area (Å²) in [5.74, 6) is -1.03. The third-order valence-electron chi connectivity index (χ3n) is 4.73. The minimum Gasteiger partial charge on any atom is -0.497 e. The highest BCUT2D eigenvalue weighted by Crippen LogP contribution is 2.18. The summed E-state index contributed by atoms with van der Waals surface area (Å²) in [4.78, 5) is 37.3. The van der Waals surface area contributed by atoms with Gasteiger partial charge in [-0.25, -0.2) is 4.79 Å². The average molecular weight is 432 g/mol. The van der Waals surface area contributed by atoms with E-state index in [0.29, 0.717) is 17.0 Å². The molecule has 164 valence electrons. The van der Waals surface area contributed by atoms with Crippen molar-refractivity contribution >= 4 is 23.5 Å². The molecular weight excluding hydrogens is 408 g/mol. The molecule has 0 bridgehead atoms. The number of anilines is 1. The molecule has 3 aromatic carbocycles. The average Bonchev–Trinajstić information content (AvgIpc) is 2.83. The van der Waals surface area contributed by atoms with Gasteiger partial charge in [0.15, 0.2) is 6.61 Å². The maximum Gasteiger partial charge on any atom is 0.338 e. The van der Waals surface area contributed by atoms with Crippen molar-refractivity contribution in [1.29, 1.82) is 0 Å². The van der Waals surface area contributed by atoms with Crippen LogP contribution < -0.4 is 15.4 Å². The molecule has 1 atom stereocenters. The monoisotopic (exact) mass is 432 g/mol. The van der Waals surface area contributed by atoms with E-state index in [4.69, 9.17) is 9.47 Å². The quantitative estimate of drug-likeness (QED) is 0.525. The van der Waals surface area contributed by atoms with Crippen molar-refractivity contribution in [3.05, 3.63) is 95.6 Å². The fourth-order valence-electron chi connectivity index (χ4n) is 3.04. The molecule has 0 aliphatic rings. The van der Waals surface area contributed by atoms with Gasteiger partial charge in [0.2, 0.25) is 0 Å². The zero-order valence-electron chi connectivity index (χ0n) is 17.8. The SMILES string of the molecule is COc1cccc(C(=O)OCC(=O)Nc2ccccc2C(=O)NC(C)c2ccccc2)c1. The van der Waals surface area contributed by atoms with E-state index in [9.17, 15) is 14.4 Å². The topological polar surface area (TPSA) is 93.7 Å². The van der Waals surface area contributed by atoms with Gasteiger partial charge in [-0.15, -0.1) is 0 Å². The molecule has 2 amide bonds. The number of carbonyl (C=O) groups is 3. The highest BCUT2D eigenvalue weighted by molar-refractivity contribution is 6.04. The molecule has 7 nitrogen and oxygen atoms in total. The lowest BCUT2D eigenvalue weighted by Crippen LogP contribution is -2.28. The number of amides is 2. The van der Waals surface area contributed by atoms with Crippen LogP contribution in [-0.4, -0.2) is 31.5 Å². The minimum absolute atomic E-state index is 0.212. The Morgan fingerprint density at radius 3 is 2.38 bits per heavy atom. The number of hydrogen-bond acceptors (Lipinski definition) is 5. The standard InChI is InChI=1S/C25H24N2O5/c1-17(18-9-4-3-5-10-18)26-24(29)21-13-6-7-14-22(21)27-23(28)16-32-25(30)19-11-8-12-20(15-19)31-2/h3-15,17H,16H2,1-2H3,(H,26,29)(H,27,28). The molecule has 0 spiro atoms. The summed E-state index contributed by atoms with van der Waals surface area (Å²) >= 11 is 0. The second kappa shape index (κ2) is 10.8. The Bertz CT molecular complexity index is 1100. The highest BCUT2D eigenvalue weighted by Gasteiger charge is 2.17. The number of hydrogen-bond donors (Lipinski definition) is 2. The van der Waals surface area contributed by atoms with E-state index < -0.39 is 18.5 Å². The van der Waals surface area contributed by atoms with E-state index in [-0.39, 0.29) is 17.5 Å². The van der Waals surface area contributed by atoms with Crippen LogP contribution in [0.15, 0.2) is 78.9 Å². The summed E-state index contributed by atoms with van der Waals surface area (Å²) < 4.78 is 10.2. The number of carbonyl (C=O) groups excluding carboxylic acids is 3. The van der Waals surface area contributed by atoms with E-state index in [1.165, 1.54) is 13.2 Å². The Kier molecular flexibility index (Phi) is 7.59. The first-order chi connectivity index (χ1) is 15.5. The van der Waals surface area contributed by atoms with Crippen LogP contribution in [0.2, 0.25) is 0 Å². The molecule has 32 heavy (non-hydrogen) atoms. The predicted octanol–water partition coefficient (Wildman–Crippen LogP) is 3.98. The van der Waals surface area contributed by atoms with E-state index >= 15 is 0 Å². The van der Waals surface area contributed by atoms with Crippen LogP contribution >= 0.6 is 0 Å². The van der Waals surface area contributed by atoms with Gasteiger partial charge in [-0.05, 0) is 42.8 Å². The number of para-hydroxylation sites is 1. The number of nitrogens with one attached hydrogen (secondary N) is 2. The smallest absolute Gasteiger partial charge is 0.338 e. The molecule has 0 saturated carbocycles. The van der Waals surface area contributed by atoms with Crippen molar-refractivity contribution in [2.45, 2.75) is 13.0 Å². The summed E-state index contributed by atoms with van der Waals surface area (Å²) in [6, 6.07) is 22.4. The molecule has 3 aromatic rings. The van der Waals surface area contributed by atoms with Gasteiger partial charge in [0.05, 0.1) is 30.0 Å². The van der Waals surface area contributed by atoms with Crippen LogP contribution in [0.3, 0.4) is 0 Å². The Labute approximate surface area is 186 Å². The summed E-state index contributed by atoms with van der Waals surface area (Å²) in [5, 5.41) is 5.55.